The van der Waals surface area contributed by atoms with E-state index in [1.165, 1.54) is 11.3 Å². The lowest BCUT2D eigenvalue weighted by molar-refractivity contribution is 0.0701. The molecule has 5 nitrogen and oxygen atoms in total. The number of carbonyl (C=O) groups excluding carboxylic acids is 1. The lowest BCUT2D eigenvalue weighted by Gasteiger charge is -2.31. The number of amides is 1. The number of aromatic nitrogens is 2. The summed E-state index contributed by atoms with van der Waals surface area (Å²) < 4.78 is 2.01. The van der Waals surface area contributed by atoms with Crippen LogP contribution in [0.25, 0.3) is 5.69 Å². The lowest BCUT2D eigenvalue weighted by Crippen LogP contribution is -2.51. The van der Waals surface area contributed by atoms with Crippen LogP contribution in [0.4, 0.5) is 0 Å². The molecule has 1 amide bonds. The maximum atomic E-state index is 13.1. The van der Waals surface area contributed by atoms with Crippen LogP contribution >= 0.6 is 0 Å². The molecule has 1 aliphatic heterocycles. The SMILES string of the molecule is Cc1ccccc1-n1nc(C(=O)N2CCNC(C)C2)c2c1CCC2. The van der Waals surface area contributed by atoms with Crippen LogP contribution in [-0.4, -0.2) is 46.3 Å². The number of carbonyl (C=O) groups is 1. The van der Waals surface area contributed by atoms with Crippen molar-refractivity contribution in [1.82, 2.24) is 20.0 Å². The van der Waals surface area contributed by atoms with Crippen LogP contribution in [0.15, 0.2) is 24.3 Å². The summed E-state index contributed by atoms with van der Waals surface area (Å²) >= 11 is 0. The molecule has 5 heteroatoms. The van der Waals surface area contributed by atoms with E-state index in [1.54, 1.807) is 0 Å². The summed E-state index contributed by atoms with van der Waals surface area (Å²) in [7, 11) is 0. The number of nitrogens with one attached hydrogen (secondary N) is 1. The molecule has 1 saturated heterocycles. The van der Waals surface area contributed by atoms with Gasteiger partial charge in [-0.25, -0.2) is 4.68 Å². The molecule has 1 aliphatic carbocycles. The predicted molar refractivity (Wildman–Crippen MR) is 93.7 cm³/mol. The fourth-order valence-electron chi connectivity index (χ4n) is 3.88. The first-order chi connectivity index (χ1) is 11.6. The zero-order chi connectivity index (χ0) is 16.7. The average molecular weight is 324 g/mol. The zero-order valence-corrected chi connectivity index (χ0v) is 14.4. The summed E-state index contributed by atoms with van der Waals surface area (Å²) in [6.07, 6.45) is 3.07. The van der Waals surface area contributed by atoms with Crippen molar-refractivity contribution >= 4 is 5.91 Å². The van der Waals surface area contributed by atoms with Gasteiger partial charge in [0.1, 0.15) is 0 Å². The van der Waals surface area contributed by atoms with Crippen LogP contribution in [0.3, 0.4) is 0 Å². The van der Waals surface area contributed by atoms with E-state index in [-0.39, 0.29) is 5.91 Å². The van der Waals surface area contributed by atoms with Crippen LogP contribution in [-0.2, 0) is 12.8 Å². The molecule has 2 aromatic rings. The molecule has 4 rings (SSSR count). The second-order valence-corrected chi connectivity index (χ2v) is 6.93. The third kappa shape index (κ3) is 2.53. The van der Waals surface area contributed by atoms with Gasteiger partial charge in [-0.2, -0.15) is 5.10 Å². The van der Waals surface area contributed by atoms with Crippen molar-refractivity contribution in [2.24, 2.45) is 0 Å². The third-order valence-electron chi connectivity index (χ3n) is 5.13. The van der Waals surface area contributed by atoms with Gasteiger partial charge in [0.05, 0.1) is 5.69 Å². The minimum absolute atomic E-state index is 0.0915. The second kappa shape index (κ2) is 6.06. The second-order valence-electron chi connectivity index (χ2n) is 6.93. The number of piperazine rings is 1. The molecule has 0 bridgehead atoms. The quantitative estimate of drug-likeness (QED) is 0.920. The van der Waals surface area contributed by atoms with E-state index in [9.17, 15) is 4.79 Å². The highest BCUT2D eigenvalue weighted by atomic mass is 16.2. The molecular weight excluding hydrogens is 300 g/mol. The van der Waals surface area contributed by atoms with Crippen LogP contribution in [0.2, 0.25) is 0 Å². The number of aryl methyl sites for hydroxylation is 1. The van der Waals surface area contributed by atoms with Gasteiger partial charge in [-0.05, 0) is 44.7 Å². The molecule has 0 saturated carbocycles. The van der Waals surface area contributed by atoms with E-state index >= 15 is 0 Å². The smallest absolute Gasteiger partial charge is 0.274 e. The van der Waals surface area contributed by atoms with Gasteiger partial charge in [-0.3, -0.25) is 4.79 Å². The van der Waals surface area contributed by atoms with Crippen LogP contribution < -0.4 is 5.32 Å². The molecule has 126 valence electrons. The van der Waals surface area contributed by atoms with Gasteiger partial charge in [-0.15, -0.1) is 0 Å². The number of nitrogens with zero attached hydrogens (tertiary/aromatic N) is 3. The number of hydrogen-bond acceptors (Lipinski definition) is 3. The van der Waals surface area contributed by atoms with E-state index in [1.807, 2.05) is 21.7 Å². The predicted octanol–water partition coefficient (Wildman–Crippen LogP) is 2.10. The first kappa shape index (κ1) is 15.4. The Bertz CT molecular complexity index is 780. The molecule has 1 fully saturated rings. The Hall–Kier alpha value is -2.14. The molecule has 1 aromatic heterocycles. The van der Waals surface area contributed by atoms with E-state index in [0.29, 0.717) is 11.7 Å². The molecule has 1 atom stereocenters. The van der Waals surface area contributed by atoms with E-state index < -0.39 is 0 Å². The van der Waals surface area contributed by atoms with Gasteiger partial charge in [0.2, 0.25) is 0 Å². The molecular formula is C19H24N4O. The molecule has 0 spiro atoms. The Morgan fingerprint density at radius 3 is 2.92 bits per heavy atom. The summed E-state index contributed by atoms with van der Waals surface area (Å²) in [5, 5.41) is 8.16. The molecule has 1 aromatic carbocycles. The Labute approximate surface area is 142 Å². The maximum absolute atomic E-state index is 13.1. The Balaban J connectivity index is 1.74. The summed E-state index contributed by atoms with van der Waals surface area (Å²) in [5.41, 5.74) is 5.32. The van der Waals surface area contributed by atoms with Gasteiger partial charge in [-0.1, -0.05) is 18.2 Å². The fraction of sp³-hybridized carbons (Fsp3) is 0.474. The van der Waals surface area contributed by atoms with Crippen molar-refractivity contribution < 1.29 is 4.79 Å². The first-order valence-corrected chi connectivity index (χ1v) is 8.84. The van der Waals surface area contributed by atoms with E-state index in [4.69, 9.17) is 5.10 Å². The van der Waals surface area contributed by atoms with Crippen molar-refractivity contribution in [3.63, 3.8) is 0 Å². The van der Waals surface area contributed by atoms with Crippen molar-refractivity contribution in [1.29, 1.82) is 0 Å². The van der Waals surface area contributed by atoms with Crippen molar-refractivity contribution in [3.05, 3.63) is 46.8 Å². The highest BCUT2D eigenvalue weighted by molar-refractivity contribution is 5.94. The Morgan fingerprint density at radius 1 is 1.29 bits per heavy atom. The van der Waals surface area contributed by atoms with Gasteiger partial charge in [0.25, 0.3) is 5.91 Å². The van der Waals surface area contributed by atoms with Crippen molar-refractivity contribution in [3.8, 4) is 5.69 Å². The van der Waals surface area contributed by atoms with Crippen molar-refractivity contribution in [2.75, 3.05) is 19.6 Å². The number of para-hydroxylation sites is 1. The topological polar surface area (TPSA) is 50.2 Å². The molecule has 2 aliphatic rings. The number of rotatable bonds is 2. The number of fused-ring (bicyclic) bond motifs is 1. The summed E-state index contributed by atoms with van der Waals surface area (Å²) in [4.78, 5) is 15.0. The Morgan fingerprint density at radius 2 is 2.12 bits per heavy atom. The van der Waals surface area contributed by atoms with E-state index in [0.717, 1.165) is 50.1 Å². The van der Waals surface area contributed by atoms with Gasteiger partial charge >= 0.3 is 0 Å². The zero-order valence-electron chi connectivity index (χ0n) is 14.4. The monoisotopic (exact) mass is 324 g/mol. The molecule has 0 radical (unpaired) electrons. The number of benzene rings is 1. The molecule has 1 N–H and O–H groups in total. The molecule has 2 heterocycles. The van der Waals surface area contributed by atoms with Crippen molar-refractivity contribution in [2.45, 2.75) is 39.2 Å². The molecule has 24 heavy (non-hydrogen) atoms. The highest BCUT2D eigenvalue weighted by Gasteiger charge is 2.31. The normalized spacial score (nSPS) is 20.2. The van der Waals surface area contributed by atoms with Crippen LogP contribution in [0, 0.1) is 6.92 Å². The summed E-state index contributed by atoms with van der Waals surface area (Å²) in [6.45, 7) is 6.58. The average Bonchev–Trinajstić information content (AvgIpc) is 3.17. The fourth-order valence-corrected chi connectivity index (χ4v) is 3.88. The largest absolute Gasteiger partial charge is 0.334 e. The van der Waals surface area contributed by atoms with Crippen LogP contribution in [0.1, 0.15) is 40.7 Å². The minimum Gasteiger partial charge on any atom is -0.334 e. The van der Waals surface area contributed by atoms with Crippen LogP contribution in [0.5, 0.6) is 0 Å². The maximum Gasteiger partial charge on any atom is 0.274 e. The summed E-state index contributed by atoms with van der Waals surface area (Å²) in [6, 6.07) is 8.59. The minimum atomic E-state index is 0.0915. The highest BCUT2D eigenvalue weighted by Crippen LogP contribution is 2.29. The standard InChI is InChI=1S/C19H24N4O/c1-13-6-3-4-8-16(13)23-17-9-5-7-15(17)18(21-23)19(24)22-11-10-20-14(2)12-22/h3-4,6,8,14,20H,5,7,9-12H2,1-2H3. The van der Waals surface area contributed by atoms with Gasteiger partial charge in [0.15, 0.2) is 5.69 Å². The summed E-state index contributed by atoms with van der Waals surface area (Å²) in [5.74, 6) is 0.0915. The van der Waals surface area contributed by atoms with Gasteiger partial charge < -0.3 is 10.2 Å². The molecule has 1 unspecified atom stereocenters. The number of hydrogen-bond donors (Lipinski definition) is 1. The first-order valence-electron chi connectivity index (χ1n) is 8.84. The Kier molecular flexibility index (Phi) is 3.88. The van der Waals surface area contributed by atoms with E-state index in [2.05, 4.69) is 31.3 Å². The lowest BCUT2D eigenvalue weighted by atomic mass is 10.1. The van der Waals surface area contributed by atoms with Gasteiger partial charge in [0, 0.05) is 36.9 Å². The third-order valence-corrected chi connectivity index (χ3v) is 5.13.